The Kier molecular flexibility index (Phi) is 5.22. The van der Waals surface area contributed by atoms with Gasteiger partial charge in [0.1, 0.15) is 5.75 Å². The summed E-state index contributed by atoms with van der Waals surface area (Å²) in [6.07, 6.45) is 0.679. The van der Waals surface area contributed by atoms with Crippen molar-refractivity contribution >= 4 is 22.8 Å². The van der Waals surface area contributed by atoms with Crippen LogP contribution in [0, 0.1) is 0 Å². The normalized spacial score (nSPS) is 11.8. The molecule has 1 amide bonds. The predicted octanol–water partition coefficient (Wildman–Crippen LogP) is 3.04. The number of hydrogen-bond donors (Lipinski definition) is 2. The van der Waals surface area contributed by atoms with Crippen molar-refractivity contribution in [3.8, 4) is 5.75 Å². The second-order valence-corrected chi connectivity index (χ2v) is 5.83. The third-order valence-electron chi connectivity index (χ3n) is 4.11. The quantitative estimate of drug-likeness (QED) is 0.668. The number of aromatic nitrogens is 1. The van der Waals surface area contributed by atoms with E-state index in [1.54, 1.807) is 20.2 Å². The highest BCUT2D eigenvalue weighted by Gasteiger charge is 2.21. The molecular formula is C20H20N2O4. The summed E-state index contributed by atoms with van der Waals surface area (Å²) in [6, 6.07) is 14.8. The number of rotatable bonds is 6. The van der Waals surface area contributed by atoms with Crippen molar-refractivity contribution in [1.29, 1.82) is 0 Å². The van der Waals surface area contributed by atoms with Crippen LogP contribution in [0.25, 0.3) is 10.9 Å². The molecule has 0 aliphatic carbocycles. The number of nitrogens with one attached hydrogen (secondary N) is 2. The molecule has 0 spiro atoms. The Labute approximate surface area is 151 Å². The van der Waals surface area contributed by atoms with Crippen LogP contribution in [0.2, 0.25) is 0 Å². The smallest absolute Gasteiger partial charge is 0.341 e. The monoisotopic (exact) mass is 352 g/mol. The van der Waals surface area contributed by atoms with Gasteiger partial charge < -0.3 is 19.8 Å². The van der Waals surface area contributed by atoms with Crippen molar-refractivity contribution in [1.82, 2.24) is 10.3 Å². The van der Waals surface area contributed by atoms with Gasteiger partial charge in [0, 0.05) is 29.2 Å². The van der Waals surface area contributed by atoms with Crippen molar-refractivity contribution in [2.45, 2.75) is 19.6 Å². The summed E-state index contributed by atoms with van der Waals surface area (Å²) >= 11 is 0. The van der Waals surface area contributed by atoms with Crippen molar-refractivity contribution in [3.05, 3.63) is 65.9 Å². The van der Waals surface area contributed by atoms with E-state index < -0.39 is 12.1 Å². The molecule has 0 saturated heterocycles. The number of methoxy groups -OCH3 is 1. The lowest BCUT2D eigenvalue weighted by molar-refractivity contribution is -0.129. The van der Waals surface area contributed by atoms with E-state index in [2.05, 4.69) is 10.3 Å². The van der Waals surface area contributed by atoms with Gasteiger partial charge in [-0.3, -0.25) is 4.79 Å². The van der Waals surface area contributed by atoms with Gasteiger partial charge in [0.25, 0.3) is 5.91 Å². The summed E-state index contributed by atoms with van der Waals surface area (Å²) in [7, 11) is 1.58. The first-order valence-electron chi connectivity index (χ1n) is 8.27. The molecule has 2 aromatic carbocycles. The first-order chi connectivity index (χ1) is 12.6. The fraction of sp³-hybridized carbons (Fsp3) is 0.200. The number of H-pyrrole nitrogens is 1. The molecule has 0 aliphatic rings. The van der Waals surface area contributed by atoms with E-state index >= 15 is 0 Å². The summed E-state index contributed by atoms with van der Waals surface area (Å²) in [4.78, 5) is 27.6. The fourth-order valence-electron chi connectivity index (χ4n) is 2.69. The average molecular weight is 352 g/mol. The molecule has 0 unspecified atom stereocenters. The van der Waals surface area contributed by atoms with Crippen LogP contribution >= 0.6 is 0 Å². The van der Waals surface area contributed by atoms with Crippen LogP contribution < -0.4 is 10.1 Å². The lowest BCUT2D eigenvalue weighted by Gasteiger charge is -2.14. The molecular weight excluding hydrogens is 332 g/mol. The van der Waals surface area contributed by atoms with Gasteiger partial charge in [-0.2, -0.15) is 0 Å². The molecule has 0 bridgehead atoms. The van der Waals surface area contributed by atoms with Gasteiger partial charge in [0.15, 0.2) is 6.10 Å². The summed E-state index contributed by atoms with van der Waals surface area (Å²) in [5.41, 5.74) is 2.09. The van der Waals surface area contributed by atoms with E-state index in [1.807, 2.05) is 48.5 Å². The average Bonchev–Trinajstić information content (AvgIpc) is 3.10. The number of ether oxygens (including phenoxy) is 2. The molecule has 134 valence electrons. The zero-order chi connectivity index (χ0) is 18.5. The Balaban J connectivity index is 1.61. The second-order valence-electron chi connectivity index (χ2n) is 5.83. The van der Waals surface area contributed by atoms with E-state index in [9.17, 15) is 9.59 Å². The molecule has 0 saturated carbocycles. The van der Waals surface area contributed by atoms with Gasteiger partial charge in [0.2, 0.25) is 0 Å². The van der Waals surface area contributed by atoms with Crippen LogP contribution in [0.4, 0.5) is 0 Å². The summed E-state index contributed by atoms with van der Waals surface area (Å²) in [6.45, 7) is 1.84. The number of benzene rings is 2. The van der Waals surface area contributed by atoms with Crippen LogP contribution in [0.15, 0.2) is 54.7 Å². The lowest BCUT2D eigenvalue weighted by Crippen LogP contribution is -2.35. The molecule has 2 N–H and O–H groups in total. The molecule has 1 aromatic heterocycles. The van der Waals surface area contributed by atoms with Crippen molar-refractivity contribution in [2.75, 3.05) is 7.11 Å². The molecule has 6 heteroatoms. The molecule has 1 atom stereocenters. The maximum Gasteiger partial charge on any atom is 0.341 e. The van der Waals surface area contributed by atoms with Crippen molar-refractivity contribution in [2.24, 2.45) is 0 Å². The third kappa shape index (κ3) is 3.69. The van der Waals surface area contributed by atoms with Crippen LogP contribution in [0.3, 0.4) is 0 Å². The summed E-state index contributed by atoms with van der Waals surface area (Å²) < 4.78 is 10.6. The minimum atomic E-state index is -0.911. The first kappa shape index (κ1) is 17.5. The largest absolute Gasteiger partial charge is 0.496 e. The Morgan fingerprint density at radius 1 is 1.12 bits per heavy atom. The van der Waals surface area contributed by atoms with E-state index in [1.165, 1.54) is 0 Å². The van der Waals surface area contributed by atoms with Gasteiger partial charge in [-0.05, 0) is 19.1 Å². The predicted molar refractivity (Wildman–Crippen MR) is 98.0 cm³/mol. The first-order valence-corrected chi connectivity index (χ1v) is 8.27. The van der Waals surface area contributed by atoms with Crippen LogP contribution in [0.1, 0.15) is 22.8 Å². The van der Waals surface area contributed by atoms with Crippen LogP contribution in [-0.2, 0) is 16.1 Å². The Morgan fingerprint density at radius 2 is 1.85 bits per heavy atom. The fourth-order valence-corrected chi connectivity index (χ4v) is 2.69. The maximum absolute atomic E-state index is 12.4. The van der Waals surface area contributed by atoms with Crippen molar-refractivity contribution < 1.29 is 19.1 Å². The summed E-state index contributed by atoms with van der Waals surface area (Å²) in [5, 5.41) is 3.52. The molecule has 6 nitrogen and oxygen atoms in total. The Morgan fingerprint density at radius 3 is 2.65 bits per heavy atom. The topological polar surface area (TPSA) is 80.4 Å². The molecule has 0 aliphatic heterocycles. The van der Waals surface area contributed by atoms with Gasteiger partial charge in [-0.15, -0.1) is 0 Å². The number of carbonyl (C=O) groups excluding carboxylic acids is 2. The highest BCUT2D eigenvalue weighted by molar-refractivity contribution is 6.04. The number of amides is 1. The Hall–Kier alpha value is -3.28. The lowest BCUT2D eigenvalue weighted by atomic mass is 10.2. The minimum Gasteiger partial charge on any atom is -0.496 e. The van der Waals surface area contributed by atoms with E-state index in [4.69, 9.17) is 9.47 Å². The van der Waals surface area contributed by atoms with E-state index in [0.29, 0.717) is 11.3 Å². The maximum atomic E-state index is 12.4. The van der Waals surface area contributed by atoms with Crippen LogP contribution in [0.5, 0.6) is 5.75 Å². The number of aromatic amines is 1. The summed E-state index contributed by atoms with van der Waals surface area (Å²) in [5.74, 6) is -0.220. The van der Waals surface area contributed by atoms with E-state index in [-0.39, 0.29) is 12.5 Å². The molecule has 1 heterocycles. The number of para-hydroxylation sites is 2. The second kappa shape index (κ2) is 7.74. The number of fused-ring (bicyclic) bond motifs is 1. The van der Waals surface area contributed by atoms with Gasteiger partial charge in [-0.25, -0.2) is 4.79 Å². The number of carbonyl (C=O) groups is 2. The van der Waals surface area contributed by atoms with Crippen molar-refractivity contribution in [3.63, 3.8) is 0 Å². The third-order valence-corrected chi connectivity index (χ3v) is 4.11. The minimum absolute atomic E-state index is 0.290. The zero-order valence-electron chi connectivity index (χ0n) is 14.6. The molecule has 3 rings (SSSR count). The highest BCUT2D eigenvalue weighted by atomic mass is 16.5. The van der Waals surface area contributed by atoms with Gasteiger partial charge in [0.05, 0.1) is 12.7 Å². The zero-order valence-corrected chi connectivity index (χ0v) is 14.6. The standard InChI is InChI=1S/C20H20N2O4/c1-13(19(23)22-11-14-7-3-6-10-18(14)25-2)26-20(24)16-12-21-17-9-5-4-8-15(16)17/h3-10,12-13,21H,11H2,1-2H3,(H,22,23)/t13-/m0/s1. The van der Waals surface area contributed by atoms with Gasteiger partial charge in [-0.1, -0.05) is 36.4 Å². The molecule has 0 radical (unpaired) electrons. The highest BCUT2D eigenvalue weighted by Crippen LogP contribution is 2.19. The molecule has 3 aromatic rings. The number of esters is 1. The van der Waals surface area contributed by atoms with Crippen LogP contribution in [-0.4, -0.2) is 30.1 Å². The molecule has 26 heavy (non-hydrogen) atoms. The molecule has 0 fully saturated rings. The number of hydrogen-bond acceptors (Lipinski definition) is 4. The SMILES string of the molecule is COc1ccccc1CNC(=O)[C@H](C)OC(=O)c1c[nH]c2ccccc12. The van der Waals surface area contributed by atoms with E-state index in [0.717, 1.165) is 16.5 Å². The Bertz CT molecular complexity index is 932. The van der Waals surface area contributed by atoms with Gasteiger partial charge >= 0.3 is 5.97 Å².